The molecule has 0 unspecified atom stereocenters. The molecule has 0 amide bonds. The van der Waals surface area contributed by atoms with Gasteiger partial charge < -0.3 is 5.11 Å². The number of benzene rings is 3. The highest BCUT2D eigenvalue weighted by atomic mass is 32.2. The van der Waals surface area contributed by atoms with E-state index in [4.69, 9.17) is 5.11 Å². The van der Waals surface area contributed by atoms with Crippen LogP contribution in [0.4, 0.5) is 45.2 Å². The highest BCUT2D eigenvalue weighted by molar-refractivity contribution is 8.09. The number of nitrogens with zero attached hydrogens (tertiary/aromatic N) is 1. The van der Waals surface area contributed by atoms with Crippen LogP contribution in [0.25, 0.3) is 9.81 Å². The molecule has 2 N–H and O–H groups in total. The molecule has 0 bridgehead atoms. The van der Waals surface area contributed by atoms with E-state index in [1.807, 2.05) is 0 Å². The molecule has 0 radical (unpaired) electrons. The Balaban J connectivity index is 1.94. The number of halogens is 9. The number of para-hydroxylation sites is 1. The molecule has 3 aromatic rings. The Morgan fingerprint density at radius 3 is 1.70 bits per heavy atom. The fourth-order valence-corrected chi connectivity index (χ4v) is 5.69. The van der Waals surface area contributed by atoms with Crippen LogP contribution in [0, 0.1) is 0 Å². The summed E-state index contributed by atoms with van der Waals surface area (Å²) in [6.07, 6.45) is -14.0. The van der Waals surface area contributed by atoms with Crippen LogP contribution in [0.1, 0.15) is 38.2 Å². The SMILES string of the molecule is O=C(O)c1ccc(C2=C/C(=N\Nc3c(C(F)(F)F)cccc3C(F)(F)F)C=C(c3cccc(C(F)(F)F)c3)S2(=O)=O)cc1. The number of allylic oxidation sites excluding steroid dienone is 2. The number of hydrazone groups is 1. The molecular formula is C27H15F9N2O4S. The van der Waals surface area contributed by atoms with Crippen LogP contribution in [0.15, 0.2) is 84.0 Å². The lowest BCUT2D eigenvalue weighted by Gasteiger charge is -2.20. The highest BCUT2D eigenvalue weighted by Crippen LogP contribution is 2.43. The molecule has 6 nitrogen and oxygen atoms in total. The molecule has 0 saturated heterocycles. The zero-order valence-corrected chi connectivity index (χ0v) is 21.8. The minimum atomic E-state index is -5.27. The summed E-state index contributed by atoms with van der Waals surface area (Å²) in [6.45, 7) is 0. The van der Waals surface area contributed by atoms with E-state index in [0.717, 1.165) is 42.5 Å². The molecule has 0 aliphatic carbocycles. The van der Waals surface area contributed by atoms with Crippen molar-refractivity contribution >= 4 is 37.0 Å². The van der Waals surface area contributed by atoms with Gasteiger partial charge in [0, 0.05) is 0 Å². The Labute approximate surface area is 236 Å². The first-order valence-corrected chi connectivity index (χ1v) is 13.1. The van der Waals surface area contributed by atoms with Crippen molar-refractivity contribution in [1.82, 2.24) is 0 Å². The van der Waals surface area contributed by atoms with Gasteiger partial charge in [-0.25, -0.2) is 13.2 Å². The van der Waals surface area contributed by atoms with Crippen molar-refractivity contribution in [3.63, 3.8) is 0 Å². The van der Waals surface area contributed by atoms with Crippen molar-refractivity contribution < 1.29 is 57.8 Å². The lowest BCUT2D eigenvalue weighted by molar-refractivity contribution is -0.142. The third-order valence-corrected chi connectivity index (χ3v) is 7.86. The number of hydrogen-bond acceptors (Lipinski definition) is 5. The van der Waals surface area contributed by atoms with Gasteiger partial charge in [-0.1, -0.05) is 30.3 Å². The van der Waals surface area contributed by atoms with Crippen molar-refractivity contribution in [2.24, 2.45) is 5.10 Å². The van der Waals surface area contributed by atoms with Crippen molar-refractivity contribution in [2.45, 2.75) is 18.5 Å². The minimum Gasteiger partial charge on any atom is -0.478 e. The highest BCUT2D eigenvalue weighted by Gasteiger charge is 2.41. The summed E-state index contributed by atoms with van der Waals surface area (Å²) in [7, 11) is -4.71. The summed E-state index contributed by atoms with van der Waals surface area (Å²) in [5.41, 5.74) is -6.07. The van der Waals surface area contributed by atoms with E-state index < -0.39 is 77.8 Å². The van der Waals surface area contributed by atoms with Gasteiger partial charge in [-0.3, -0.25) is 5.43 Å². The van der Waals surface area contributed by atoms with Gasteiger partial charge in [-0.2, -0.15) is 44.6 Å². The summed E-state index contributed by atoms with van der Waals surface area (Å²) < 4.78 is 149. The number of anilines is 1. The van der Waals surface area contributed by atoms with E-state index in [0.29, 0.717) is 36.4 Å². The third-order valence-electron chi connectivity index (χ3n) is 6.00. The maximum atomic E-state index is 13.6. The molecule has 1 aliphatic heterocycles. The number of rotatable bonds is 5. The first-order valence-electron chi connectivity index (χ1n) is 11.6. The molecule has 0 saturated carbocycles. The number of alkyl halides is 9. The Kier molecular flexibility index (Phi) is 7.95. The Morgan fingerprint density at radius 1 is 0.698 bits per heavy atom. The van der Waals surface area contributed by atoms with Gasteiger partial charge in [0.1, 0.15) is 0 Å². The van der Waals surface area contributed by atoms with E-state index in [2.05, 4.69) is 5.10 Å². The number of aromatic carboxylic acids is 1. The zero-order valence-electron chi connectivity index (χ0n) is 20.9. The Morgan fingerprint density at radius 2 is 1.21 bits per heavy atom. The van der Waals surface area contributed by atoms with Crippen molar-refractivity contribution in [1.29, 1.82) is 0 Å². The number of carbonyl (C=O) groups is 1. The minimum absolute atomic E-state index is 0.193. The van der Waals surface area contributed by atoms with Crippen LogP contribution in [-0.4, -0.2) is 25.2 Å². The molecule has 1 heterocycles. The van der Waals surface area contributed by atoms with Crippen LogP contribution in [-0.2, 0) is 28.4 Å². The number of carboxylic acid groups (broad SMARTS) is 1. The Hall–Kier alpha value is -4.60. The largest absolute Gasteiger partial charge is 0.478 e. The second kappa shape index (κ2) is 10.9. The first-order chi connectivity index (χ1) is 19.8. The predicted molar refractivity (Wildman–Crippen MR) is 137 cm³/mol. The average molecular weight is 634 g/mol. The smallest absolute Gasteiger partial charge is 0.418 e. The lowest BCUT2D eigenvalue weighted by atomic mass is 10.1. The molecule has 0 fully saturated rings. The molecule has 1 aliphatic rings. The Bertz CT molecular complexity index is 1750. The van der Waals surface area contributed by atoms with Gasteiger partial charge >= 0.3 is 24.5 Å². The standard InChI is InChI=1S/C27H15F9N2O4S/c28-25(29,30)17-4-1-3-16(11-17)22-13-18(12-21(43(22,41)42)14-7-9-15(10-8-14)24(39)40)37-38-23-19(26(31,32)33)5-2-6-20(23)27(34,35)36/h1-13,38H,(H,39,40)/b37-18+. The quantitative estimate of drug-likeness (QED) is 0.221. The van der Waals surface area contributed by atoms with Crippen molar-refractivity contribution in [2.75, 3.05) is 5.43 Å². The second-order valence-electron chi connectivity index (χ2n) is 8.85. The van der Waals surface area contributed by atoms with E-state index in [-0.39, 0.29) is 11.1 Å². The topological polar surface area (TPSA) is 95.8 Å². The maximum absolute atomic E-state index is 13.6. The molecule has 16 heteroatoms. The number of nitrogens with one attached hydrogen (secondary N) is 1. The summed E-state index contributed by atoms with van der Waals surface area (Å²) in [5.74, 6) is -1.37. The van der Waals surface area contributed by atoms with E-state index in [1.165, 1.54) is 0 Å². The number of sulfone groups is 1. The van der Waals surface area contributed by atoms with Gasteiger partial charge in [-0.15, -0.1) is 0 Å². The normalized spacial score (nSPS) is 16.4. The molecule has 0 aromatic heterocycles. The van der Waals surface area contributed by atoms with Crippen LogP contribution in [0.3, 0.4) is 0 Å². The zero-order chi connectivity index (χ0) is 32.0. The molecule has 226 valence electrons. The molecule has 0 spiro atoms. The van der Waals surface area contributed by atoms with Crippen LogP contribution in [0.2, 0.25) is 0 Å². The third kappa shape index (κ3) is 6.58. The first kappa shape index (κ1) is 31.3. The maximum Gasteiger partial charge on any atom is 0.418 e. The van der Waals surface area contributed by atoms with Crippen LogP contribution in [0.5, 0.6) is 0 Å². The monoisotopic (exact) mass is 634 g/mol. The van der Waals surface area contributed by atoms with Gasteiger partial charge in [-0.05, 0) is 59.7 Å². The van der Waals surface area contributed by atoms with E-state index in [9.17, 15) is 52.7 Å². The van der Waals surface area contributed by atoms with Crippen molar-refractivity contribution in [3.05, 3.63) is 112 Å². The van der Waals surface area contributed by atoms with Gasteiger partial charge in [0.2, 0.25) is 9.84 Å². The lowest BCUT2D eigenvalue weighted by Crippen LogP contribution is -2.17. The van der Waals surface area contributed by atoms with E-state index in [1.54, 1.807) is 5.43 Å². The van der Waals surface area contributed by atoms with E-state index >= 15 is 0 Å². The molecule has 4 rings (SSSR count). The fourth-order valence-electron chi connectivity index (χ4n) is 4.02. The molecule has 0 atom stereocenters. The molecular weight excluding hydrogens is 619 g/mol. The molecule has 3 aromatic carbocycles. The number of carboxylic acids is 1. The van der Waals surface area contributed by atoms with Gasteiger partial charge in [0.25, 0.3) is 0 Å². The summed E-state index contributed by atoms with van der Waals surface area (Å²) in [4.78, 5) is 9.74. The van der Waals surface area contributed by atoms with Crippen molar-refractivity contribution in [3.8, 4) is 0 Å². The van der Waals surface area contributed by atoms with Gasteiger partial charge in [0.05, 0.1) is 43.5 Å². The van der Waals surface area contributed by atoms with Crippen LogP contribution >= 0.6 is 0 Å². The second-order valence-corrected chi connectivity index (χ2v) is 10.7. The van der Waals surface area contributed by atoms with Crippen LogP contribution < -0.4 is 5.43 Å². The number of hydrogen-bond donors (Lipinski definition) is 2. The summed E-state index contributed by atoms with van der Waals surface area (Å²) >= 11 is 0. The summed E-state index contributed by atoms with van der Waals surface area (Å²) in [6, 6.07) is 8.43. The predicted octanol–water partition coefficient (Wildman–Crippen LogP) is 7.72. The summed E-state index contributed by atoms with van der Waals surface area (Å²) in [5, 5.41) is 12.7. The average Bonchev–Trinajstić information content (AvgIpc) is 2.90. The molecule has 43 heavy (non-hydrogen) atoms. The fraction of sp³-hybridized carbons (Fsp3) is 0.111. The van der Waals surface area contributed by atoms with Gasteiger partial charge in [0.15, 0.2) is 0 Å².